The molecule has 1 amide bonds. The van der Waals surface area contributed by atoms with Gasteiger partial charge in [-0.15, -0.1) is 0 Å². The Kier molecular flexibility index (Phi) is 6.56. The summed E-state index contributed by atoms with van der Waals surface area (Å²) in [6.07, 6.45) is 5.45. The quantitative estimate of drug-likeness (QED) is 0.275. The molecule has 0 radical (unpaired) electrons. The van der Waals surface area contributed by atoms with Crippen molar-refractivity contribution in [1.82, 2.24) is 14.5 Å². The number of imidazole rings is 1. The van der Waals surface area contributed by atoms with E-state index in [1.165, 1.54) is 12.8 Å². The highest BCUT2D eigenvalue weighted by atomic mass is 16.5. The molecule has 6 heteroatoms. The van der Waals surface area contributed by atoms with Crippen molar-refractivity contribution in [1.29, 1.82) is 0 Å². The van der Waals surface area contributed by atoms with Gasteiger partial charge in [-0.25, -0.2) is 4.98 Å². The average Bonchev–Trinajstić information content (AvgIpc) is 3.69. The fourth-order valence-electron chi connectivity index (χ4n) is 5.70. The lowest BCUT2D eigenvalue weighted by molar-refractivity contribution is 0.0597. The Balaban J connectivity index is 1.38. The topological polar surface area (TPSA) is 56.6 Å². The van der Waals surface area contributed by atoms with Crippen LogP contribution in [0.15, 0.2) is 60.7 Å². The summed E-state index contributed by atoms with van der Waals surface area (Å²) < 4.78 is 13.6. The Morgan fingerprint density at radius 2 is 1.68 bits per heavy atom. The molecule has 4 aromatic rings. The van der Waals surface area contributed by atoms with Crippen molar-refractivity contribution in [3.63, 3.8) is 0 Å². The number of amides is 1. The number of likely N-dealkylation sites (tertiary alicyclic amines) is 1. The van der Waals surface area contributed by atoms with E-state index in [9.17, 15) is 4.79 Å². The molecule has 1 unspecified atom stereocenters. The number of fused-ring (bicyclic) bond motifs is 1. The lowest BCUT2D eigenvalue weighted by Gasteiger charge is -2.36. The monoisotopic (exact) mass is 509 g/mol. The van der Waals surface area contributed by atoms with Crippen molar-refractivity contribution in [2.75, 3.05) is 20.3 Å². The number of piperidine rings is 1. The molecule has 3 aromatic carbocycles. The zero-order valence-corrected chi connectivity index (χ0v) is 22.4. The Labute approximate surface area is 224 Å². The molecule has 196 valence electrons. The molecule has 0 bridgehead atoms. The van der Waals surface area contributed by atoms with E-state index in [1.54, 1.807) is 7.11 Å². The molecule has 38 heavy (non-hydrogen) atoms. The first-order chi connectivity index (χ1) is 18.5. The van der Waals surface area contributed by atoms with Crippen molar-refractivity contribution < 1.29 is 14.3 Å². The van der Waals surface area contributed by atoms with Crippen LogP contribution in [-0.2, 0) is 0 Å². The maximum absolute atomic E-state index is 14.2. The number of rotatable bonds is 7. The van der Waals surface area contributed by atoms with Crippen LogP contribution < -0.4 is 9.47 Å². The van der Waals surface area contributed by atoms with E-state index in [1.807, 2.05) is 61.2 Å². The van der Waals surface area contributed by atoms with Gasteiger partial charge in [0.05, 0.1) is 30.8 Å². The summed E-state index contributed by atoms with van der Waals surface area (Å²) in [6.45, 7) is 5.53. The summed E-state index contributed by atoms with van der Waals surface area (Å²) in [7, 11) is 1.67. The van der Waals surface area contributed by atoms with Gasteiger partial charge in [0, 0.05) is 17.8 Å². The van der Waals surface area contributed by atoms with E-state index in [0.29, 0.717) is 12.5 Å². The smallest absolute Gasteiger partial charge is 0.255 e. The zero-order valence-electron chi connectivity index (χ0n) is 22.4. The van der Waals surface area contributed by atoms with Crippen LogP contribution in [0.1, 0.15) is 65.5 Å². The predicted molar refractivity (Wildman–Crippen MR) is 149 cm³/mol. The number of hydrogen-bond donors (Lipinski definition) is 0. The number of methoxy groups -OCH3 is 1. The number of nitrogens with zero attached hydrogens (tertiary/aromatic N) is 3. The van der Waals surface area contributed by atoms with Crippen LogP contribution in [0.2, 0.25) is 0 Å². The van der Waals surface area contributed by atoms with Gasteiger partial charge in [0.25, 0.3) is 5.91 Å². The van der Waals surface area contributed by atoms with Crippen LogP contribution in [0.25, 0.3) is 16.7 Å². The number of carbonyl (C=O) groups is 1. The zero-order chi connectivity index (χ0) is 26.2. The summed E-state index contributed by atoms with van der Waals surface area (Å²) in [5.74, 6) is 3.34. The van der Waals surface area contributed by atoms with Gasteiger partial charge in [0.2, 0.25) is 0 Å². The molecule has 1 aromatic heterocycles. The minimum absolute atomic E-state index is 0.0757. The number of aryl methyl sites for hydroxylation is 2. The number of para-hydroxylation sites is 2. The number of benzene rings is 3. The van der Waals surface area contributed by atoms with Crippen molar-refractivity contribution in [3.8, 4) is 17.2 Å². The SMILES string of the molecule is COc1ccc(-n2c(C3CCCCN3C(=O)c3c(C)cc(OCC4CC4)cc3C)nc3ccccc32)cc1. The highest BCUT2D eigenvalue weighted by Crippen LogP contribution is 2.37. The Hall–Kier alpha value is -3.80. The first-order valence-corrected chi connectivity index (χ1v) is 13.7. The second kappa shape index (κ2) is 10.2. The van der Waals surface area contributed by atoms with E-state index < -0.39 is 0 Å². The lowest BCUT2D eigenvalue weighted by Crippen LogP contribution is -2.40. The number of carbonyl (C=O) groups excluding carboxylic acids is 1. The molecule has 1 atom stereocenters. The molecule has 1 saturated heterocycles. The van der Waals surface area contributed by atoms with Gasteiger partial charge in [-0.1, -0.05) is 12.1 Å². The van der Waals surface area contributed by atoms with Gasteiger partial charge in [0.15, 0.2) is 0 Å². The van der Waals surface area contributed by atoms with E-state index in [0.717, 1.165) is 76.6 Å². The minimum Gasteiger partial charge on any atom is -0.497 e. The van der Waals surface area contributed by atoms with Gasteiger partial charge >= 0.3 is 0 Å². The van der Waals surface area contributed by atoms with Crippen LogP contribution in [0.3, 0.4) is 0 Å². The molecule has 6 nitrogen and oxygen atoms in total. The third kappa shape index (κ3) is 4.64. The Bertz CT molecular complexity index is 1450. The summed E-state index contributed by atoms with van der Waals surface area (Å²) in [6, 6.07) is 20.2. The van der Waals surface area contributed by atoms with Crippen LogP contribution in [0.4, 0.5) is 0 Å². The number of hydrogen-bond acceptors (Lipinski definition) is 4. The molecule has 2 heterocycles. The van der Waals surface area contributed by atoms with Gasteiger partial charge in [-0.3, -0.25) is 9.36 Å². The Morgan fingerprint density at radius 1 is 0.947 bits per heavy atom. The van der Waals surface area contributed by atoms with Gasteiger partial charge in [0.1, 0.15) is 17.3 Å². The summed E-state index contributed by atoms with van der Waals surface area (Å²) >= 11 is 0. The van der Waals surface area contributed by atoms with Crippen molar-refractivity contribution in [2.45, 2.75) is 52.0 Å². The van der Waals surface area contributed by atoms with Gasteiger partial charge < -0.3 is 14.4 Å². The third-order valence-electron chi connectivity index (χ3n) is 7.88. The number of ether oxygens (including phenoxy) is 2. The summed E-state index contributed by atoms with van der Waals surface area (Å²) in [5.41, 5.74) is 5.69. The fourth-order valence-corrected chi connectivity index (χ4v) is 5.70. The lowest BCUT2D eigenvalue weighted by atomic mass is 9.96. The van der Waals surface area contributed by atoms with Crippen LogP contribution in [0.5, 0.6) is 11.5 Å². The molecule has 1 aliphatic carbocycles. The van der Waals surface area contributed by atoms with Crippen molar-refractivity contribution in [3.05, 3.63) is 83.2 Å². The first-order valence-electron chi connectivity index (χ1n) is 13.7. The van der Waals surface area contributed by atoms with E-state index in [4.69, 9.17) is 14.5 Å². The molecule has 0 spiro atoms. The normalized spacial score (nSPS) is 17.6. The maximum atomic E-state index is 14.2. The predicted octanol–water partition coefficient (Wildman–Crippen LogP) is 6.81. The second-order valence-electron chi connectivity index (χ2n) is 10.7. The second-order valence-corrected chi connectivity index (χ2v) is 10.7. The van der Waals surface area contributed by atoms with Crippen LogP contribution >= 0.6 is 0 Å². The maximum Gasteiger partial charge on any atom is 0.255 e. The fraction of sp³-hybridized carbons (Fsp3) is 0.375. The first kappa shape index (κ1) is 24.5. The highest BCUT2D eigenvalue weighted by Gasteiger charge is 2.34. The number of aromatic nitrogens is 2. The molecule has 1 saturated carbocycles. The Morgan fingerprint density at radius 3 is 2.39 bits per heavy atom. The van der Waals surface area contributed by atoms with Gasteiger partial charge in [-0.2, -0.15) is 0 Å². The molecular weight excluding hydrogens is 474 g/mol. The van der Waals surface area contributed by atoms with E-state index in [2.05, 4.69) is 22.8 Å². The average molecular weight is 510 g/mol. The molecule has 2 fully saturated rings. The molecule has 0 N–H and O–H groups in total. The van der Waals surface area contributed by atoms with Crippen LogP contribution in [0, 0.1) is 19.8 Å². The summed E-state index contributed by atoms with van der Waals surface area (Å²) in [5, 5.41) is 0. The molecule has 1 aliphatic heterocycles. The molecular formula is C32H35N3O3. The van der Waals surface area contributed by atoms with E-state index in [-0.39, 0.29) is 11.9 Å². The molecule has 2 aliphatic rings. The van der Waals surface area contributed by atoms with E-state index >= 15 is 0 Å². The minimum atomic E-state index is -0.115. The largest absolute Gasteiger partial charge is 0.497 e. The molecule has 6 rings (SSSR count). The standard InChI is InChI=1S/C32H35N3O3/c1-21-18-26(38-20-23-11-12-23)19-22(2)30(21)32(36)34-17-7-6-10-29(34)31-33-27-8-4-5-9-28(27)35(31)24-13-15-25(37-3)16-14-24/h4-5,8-9,13-16,18-19,23,29H,6-7,10-12,17,20H2,1-3H3. The highest BCUT2D eigenvalue weighted by molar-refractivity contribution is 5.97. The summed E-state index contributed by atoms with van der Waals surface area (Å²) in [4.78, 5) is 21.3. The van der Waals surface area contributed by atoms with Gasteiger partial charge in [-0.05, 0) is 112 Å². The van der Waals surface area contributed by atoms with Crippen molar-refractivity contribution in [2.24, 2.45) is 5.92 Å². The third-order valence-corrected chi connectivity index (χ3v) is 7.88. The van der Waals surface area contributed by atoms with Crippen molar-refractivity contribution >= 4 is 16.9 Å². The van der Waals surface area contributed by atoms with Crippen LogP contribution in [-0.4, -0.2) is 40.6 Å².